The van der Waals surface area contributed by atoms with E-state index in [2.05, 4.69) is 15.0 Å². The average Bonchev–Trinajstić information content (AvgIpc) is 2.61. The number of ether oxygens (including phenoxy) is 1. The Kier molecular flexibility index (Phi) is 6.87. The maximum Gasteiger partial charge on any atom is 0.340 e. The predicted octanol–water partition coefficient (Wildman–Crippen LogP) is 2.26. The van der Waals surface area contributed by atoms with Crippen LogP contribution in [0.2, 0.25) is 0 Å². The first-order valence-corrected chi connectivity index (χ1v) is 10.1. The lowest BCUT2D eigenvalue weighted by Gasteiger charge is -2.14. The van der Waals surface area contributed by atoms with Crippen LogP contribution in [-0.4, -0.2) is 37.4 Å². The van der Waals surface area contributed by atoms with E-state index in [1.165, 1.54) is 37.4 Å². The van der Waals surface area contributed by atoms with E-state index in [1.807, 2.05) is 0 Å². The Morgan fingerprint density at radius 3 is 2.21 bits per heavy atom. The molecule has 9 heteroatoms. The number of benzene rings is 1. The number of rotatable bonds is 7. The molecule has 0 fully saturated rings. The number of hydrogen-bond donors (Lipinski definition) is 2. The molecule has 0 bridgehead atoms. The van der Waals surface area contributed by atoms with Gasteiger partial charge in [-0.3, -0.25) is 9.78 Å². The fraction of sp³-hybridized carbons (Fsp3) is 0.316. The lowest BCUT2D eigenvalue weighted by atomic mass is 10.2. The van der Waals surface area contributed by atoms with E-state index in [4.69, 9.17) is 4.74 Å². The number of anilines is 1. The Bertz CT molecular complexity index is 939. The van der Waals surface area contributed by atoms with Gasteiger partial charge in [0.2, 0.25) is 10.0 Å². The van der Waals surface area contributed by atoms with Gasteiger partial charge in [0.1, 0.15) is 0 Å². The fourth-order valence-electron chi connectivity index (χ4n) is 2.21. The van der Waals surface area contributed by atoms with Crippen LogP contribution < -0.4 is 10.0 Å². The molecule has 0 saturated carbocycles. The molecule has 1 amide bonds. The highest BCUT2D eigenvalue weighted by molar-refractivity contribution is 7.89. The van der Waals surface area contributed by atoms with Gasteiger partial charge in [0.25, 0.3) is 5.91 Å². The minimum absolute atomic E-state index is 0.0885. The van der Waals surface area contributed by atoms with Crippen molar-refractivity contribution in [3.63, 3.8) is 0 Å². The van der Waals surface area contributed by atoms with Gasteiger partial charge in [0.05, 0.1) is 10.5 Å². The summed E-state index contributed by atoms with van der Waals surface area (Å²) < 4.78 is 31.8. The molecule has 8 nitrogen and oxygen atoms in total. The van der Waals surface area contributed by atoms with Crippen molar-refractivity contribution in [3.8, 4) is 0 Å². The number of aromatic nitrogens is 1. The van der Waals surface area contributed by atoms with Crippen LogP contribution in [0, 0.1) is 6.92 Å². The van der Waals surface area contributed by atoms with Crippen molar-refractivity contribution in [3.05, 3.63) is 53.9 Å². The molecule has 2 N–H and O–H groups in total. The number of aryl methyl sites for hydroxylation is 1. The van der Waals surface area contributed by atoms with Crippen LogP contribution in [0.4, 0.5) is 5.69 Å². The monoisotopic (exact) mass is 405 g/mol. The summed E-state index contributed by atoms with van der Waals surface area (Å²) in [6, 6.07) is 8.70. The lowest BCUT2D eigenvalue weighted by molar-refractivity contribution is -0.123. The third-order valence-corrected chi connectivity index (χ3v) is 5.30. The molecule has 0 saturated heterocycles. The summed E-state index contributed by atoms with van der Waals surface area (Å²) in [5.41, 5.74) is 1.39. The number of carbonyl (C=O) groups is 2. The molecular weight excluding hydrogens is 382 g/mol. The molecule has 28 heavy (non-hydrogen) atoms. The summed E-state index contributed by atoms with van der Waals surface area (Å²) in [4.78, 5) is 28.4. The molecule has 1 atom stereocenters. The molecule has 0 aliphatic rings. The van der Waals surface area contributed by atoms with E-state index in [0.717, 1.165) is 5.69 Å². The summed E-state index contributed by atoms with van der Waals surface area (Å²) in [5.74, 6) is -1.19. The maximum atomic E-state index is 12.2. The molecule has 1 aromatic heterocycles. The zero-order valence-corrected chi connectivity index (χ0v) is 16.9. The molecule has 150 valence electrons. The van der Waals surface area contributed by atoms with Crippen LogP contribution in [0.25, 0.3) is 0 Å². The van der Waals surface area contributed by atoms with Crippen LogP contribution in [0.5, 0.6) is 0 Å². The Balaban J connectivity index is 1.98. The summed E-state index contributed by atoms with van der Waals surface area (Å²) in [6.07, 6.45) is 0.340. The van der Waals surface area contributed by atoms with E-state index in [-0.39, 0.29) is 16.5 Å². The summed E-state index contributed by atoms with van der Waals surface area (Å²) in [6.45, 7) is 6.68. The molecule has 0 aliphatic heterocycles. The fourth-order valence-corrected chi connectivity index (χ4v) is 3.46. The second kappa shape index (κ2) is 8.94. The first-order chi connectivity index (χ1) is 13.1. The van der Waals surface area contributed by atoms with Crippen molar-refractivity contribution in [2.75, 3.05) is 5.32 Å². The van der Waals surface area contributed by atoms with Gasteiger partial charge in [-0.25, -0.2) is 17.9 Å². The number of sulfonamides is 1. The van der Waals surface area contributed by atoms with Crippen LogP contribution in [-0.2, 0) is 19.6 Å². The van der Waals surface area contributed by atoms with Crippen LogP contribution in [0.1, 0.15) is 36.8 Å². The highest BCUT2D eigenvalue weighted by Crippen LogP contribution is 2.15. The number of esters is 1. The first-order valence-electron chi connectivity index (χ1n) is 8.65. The zero-order valence-electron chi connectivity index (χ0n) is 16.1. The molecule has 1 heterocycles. The van der Waals surface area contributed by atoms with Crippen molar-refractivity contribution in [2.24, 2.45) is 0 Å². The van der Waals surface area contributed by atoms with Gasteiger partial charge in [0, 0.05) is 23.6 Å². The molecular formula is C19H23N3O5S. The molecule has 0 aliphatic carbocycles. The second-order valence-electron chi connectivity index (χ2n) is 6.53. The third-order valence-electron chi connectivity index (χ3n) is 3.62. The van der Waals surface area contributed by atoms with E-state index >= 15 is 0 Å². The molecule has 1 unspecified atom stereocenters. The molecule has 2 aromatic rings. The van der Waals surface area contributed by atoms with E-state index < -0.39 is 28.0 Å². The number of hydrogen-bond acceptors (Lipinski definition) is 6. The van der Waals surface area contributed by atoms with Gasteiger partial charge in [-0.1, -0.05) is 0 Å². The van der Waals surface area contributed by atoms with Gasteiger partial charge in [-0.15, -0.1) is 0 Å². The van der Waals surface area contributed by atoms with Gasteiger partial charge in [-0.05, 0) is 64.1 Å². The second-order valence-corrected chi connectivity index (χ2v) is 8.24. The van der Waals surface area contributed by atoms with Crippen molar-refractivity contribution >= 4 is 27.6 Å². The number of carbonyl (C=O) groups excluding carboxylic acids is 2. The summed E-state index contributed by atoms with van der Waals surface area (Å²) >= 11 is 0. The standard InChI is InChI=1S/C19H23N3O5S/c1-12(2)22-28(25,26)17-9-7-16(8-10-17)21-18(23)14(4)27-19(24)15-6-5-13(3)20-11-15/h5-12,14,22H,1-4H3,(H,21,23). The van der Waals surface area contributed by atoms with E-state index in [0.29, 0.717) is 5.69 Å². The minimum atomic E-state index is -3.61. The summed E-state index contributed by atoms with van der Waals surface area (Å²) in [5, 5.41) is 2.58. The minimum Gasteiger partial charge on any atom is -0.449 e. The largest absolute Gasteiger partial charge is 0.449 e. The highest BCUT2D eigenvalue weighted by Gasteiger charge is 2.20. The Morgan fingerprint density at radius 1 is 1.04 bits per heavy atom. The van der Waals surface area contributed by atoms with Gasteiger partial charge in [0.15, 0.2) is 6.10 Å². The van der Waals surface area contributed by atoms with Crippen molar-refractivity contribution in [1.29, 1.82) is 0 Å². The third kappa shape index (κ3) is 5.86. The van der Waals surface area contributed by atoms with Gasteiger partial charge >= 0.3 is 5.97 Å². The zero-order chi connectivity index (χ0) is 20.9. The van der Waals surface area contributed by atoms with Crippen molar-refractivity contribution < 1.29 is 22.7 Å². The Labute approximate surface area is 164 Å². The predicted molar refractivity (Wildman–Crippen MR) is 104 cm³/mol. The van der Waals surface area contributed by atoms with Crippen LogP contribution >= 0.6 is 0 Å². The molecule has 2 rings (SSSR count). The average molecular weight is 405 g/mol. The molecule has 1 aromatic carbocycles. The van der Waals surface area contributed by atoms with Gasteiger partial charge < -0.3 is 10.1 Å². The number of nitrogens with one attached hydrogen (secondary N) is 2. The van der Waals surface area contributed by atoms with Crippen LogP contribution in [0.3, 0.4) is 0 Å². The molecule has 0 spiro atoms. The Morgan fingerprint density at radius 2 is 1.68 bits per heavy atom. The SMILES string of the molecule is Cc1ccc(C(=O)OC(C)C(=O)Nc2ccc(S(=O)(=O)NC(C)C)cc2)cn1. The number of pyridine rings is 1. The van der Waals surface area contributed by atoms with Gasteiger partial charge in [-0.2, -0.15) is 0 Å². The van der Waals surface area contributed by atoms with E-state index in [9.17, 15) is 18.0 Å². The van der Waals surface area contributed by atoms with Crippen LogP contribution in [0.15, 0.2) is 47.5 Å². The maximum absolute atomic E-state index is 12.2. The lowest BCUT2D eigenvalue weighted by Crippen LogP contribution is -2.30. The highest BCUT2D eigenvalue weighted by atomic mass is 32.2. The summed E-state index contributed by atoms with van der Waals surface area (Å²) in [7, 11) is -3.61. The number of nitrogens with zero attached hydrogens (tertiary/aromatic N) is 1. The first kappa shape index (κ1) is 21.5. The smallest absolute Gasteiger partial charge is 0.340 e. The normalized spacial score (nSPS) is 12.5. The quantitative estimate of drug-likeness (QED) is 0.683. The topological polar surface area (TPSA) is 114 Å². The molecule has 0 radical (unpaired) electrons. The van der Waals surface area contributed by atoms with Crippen molar-refractivity contribution in [2.45, 2.75) is 44.7 Å². The number of amides is 1. The van der Waals surface area contributed by atoms with E-state index in [1.54, 1.807) is 32.9 Å². The Hall–Kier alpha value is -2.78. The van der Waals surface area contributed by atoms with Crippen molar-refractivity contribution in [1.82, 2.24) is 9.71 Å².